The lowest BCUT2D eigenvalue weighted by Gasteiger charge is -2.07. The number of carbonyl (C=O) groups is 1. The van der Waals surface area contributed by atoms with Crippen LogP contribution in [0.3, 0.4) is 0 Å². The number of amides is 1. The number of hydrogen-bond acceptors (Lipinski definition) is 8. The Hall–Kier alpha value is -3.17. The van der Waals surface area contributed by atoms with Gasteiger partial charge in [-0.3, -0.25) is 4.79 Å². The van der Waals surface area contributed by atoms with Gasteiger partial charge >= 0.3 is 0 Å². The number of para-hydroxylation sites is 1. The van der Waals surface area contributed by atoms with Crippen LogP contribution in [-0.4, -0.2) is 33.4 Å². The zero-order valence-corrected chi connectivity index (χ0v) is 17.9. The molecule has 1 amide bonds. The second kappa shape index (κ2) is 9.10. The fourth-order valence-corrected chi connectivity index (χ4v) is 4.08. The summed E-state index contributed by atoms with van der Waals surface area (Å²) in [7, 11) is 1.58. The second-order valence-electron chi connectivity index (χ2n) is 6.23. The number of methoxy groups -OCH3 is 1. The van der Waals surface area contributed by atoms with Gasteiger partial charge in [-0.1, -0.05) is 54.2 Å². The Morgan fingerprint density at radius 3 is 2.70 bits per heavy atom. The van der Waals surface area contributed by atoms with Crippen molar-refractivity contribution in [3.05, 3.63) is 60.0 Å². The average molecular weight is 439 g/mol. The third-order valence-corrected chi connectivity index (χ3v) is 5.89. The topological polar surface area (TPSA) is 90.1 Å². The molecule has 4 rings (SSSR count). The molecule has 0 spiro atoms. The number of benzene rings is 2. The minimum absolute atomic E-state index is 0.189. The quantitative estimate of drug-likeness (QED) is 0.407. The van der Waals surface area contributed by atoms with Crippen LogP contribution >= 0.6 is 23.1 Å². The van der Waals surface area contributed by atoms with Crippen molar-refractivity contribution in [2.24, 2.45) is 0 Å². The number of carbonyl (C=O) groups excluding carboxylic acids is 1. The van der Waals surface area contributed by atoms with Gasteiger partial charge in [0.2, 0.25) is 5.91 Å². The Balaban J connectivity index is 1.40. The first-order chi connectivity index (χ1) is 14.6. The molecule has 2 heterocycles. The summed E-state index contributed by atoms with van der Waals surface area (Å²) in [5, 5.41) is 13.3. The van der Waals surface area contributed by atoms with Crippen molar-refractivity contribution in [1.29, 1.82) is 0 Å². The molecule has 0 saturated heterocycles. The van der Waals surface area contributed by atoms with Crippen molar-refractivity contribution in [3.63, 3.8) is 0 Å². The molecule has 0 aliphatic carbocycles. The van der Waals surface area contributed by atoms with Crippen molar-refractivity contribution in [2.75, 3.05) is 12.4 Å². The molecule has 0 saturated carbocycles. The van der Waals surface area contributed by atoms with E-state index in [0.29, 0.717) is 27.6 Å². The lowest BCUT2D eigenvalue weighted by molar-refractivity contribution is -0.115. The Labute approximate surface area is 181 Å². The molecule has 0 aliphatic rings. The first-order valence-electron chi connectivity index (χ1n) is 9.09. The van der Waals surface area contributed by atoms with E-state index >= 15 is 0 Å². The summed E-state index contributed by atoms with van der Waals surface area (Å²) in [4.78, 5) is 17.0. The number of ether oxygens (including phenoxy) is 1. The van der Waals surface area contributed by atoms with Crippen molar-refractivity contribution < 1.29 is 13.9 Å². The van der Waals surface area contributed by atoms with Crippen LogP contribution in [0.15, 0.2) is 69.6 Å². The molecular weight excluding hydrogens is 420 g/mol. The van der Waals surface area contributed by atoms with Gasteiger partial charge in [0.1, 0.15) is 5.75 Å². The molecule has 0 radical (unpaired) electrons. The largest absolute Gasteiger partial charge is 0.496 e. The van der Waals surface area contributed by atoms with Gasteiger partial charge in [0, 0.05) is 10.9 Å². The molecule has 2 aromatic heterocycles. The maximum atomic E-state index is 12.6. The predicted molar refractivity (Wildman–Crippen MR) is 118 cm³/mol. The van der Waals surface area contributed by atoms with Gasteiger partial charge in [0.25, 0.3) is 11.1 Å². The van der Waals surface area contributed by atoms with E-state index in [0.717, 1.165) is 11.3 Å². The van der Waals surface area contributed by atoms with E-state index in [1.54, 1.807) is 14.0 Å². The Morgan fingerprint density at radius 1 is 1.13 bits per heavy atom. The zero-order chi connectivity index (χ0) is 20.9. The first kappa shape index (κ1) is 20.1. The highest BCUT2D eigenvalue weighted by atomic mass is 32.2. The third kappa shape index (κ3) is 4.52. The average Bonchev–Trinajstić information content (AvgIpc) is 3.44. The van der Waals surface area contributed by atoms with Gasteiger partial charge in [0.15, 0.2) is 5.13 Å². The monoisotopic (exact) mass is 438 g/mol. The van der Waals surface area contributed by atoms with Gasteiger partial charge in [0.05, 0.1) is 23.6 Å². The van der Waals surface area contributed by atoms with Gasteiger partial charge in [-0.25, -0.2) is 4.98 Å². The highest BCUT2D eigenvalue weighted by Crippen LogP contribution is 2.32. The maximum absolute atomic E-state index is 12.6. The molecule has 0 aliphatic heterocycles. The summed E-state index contributed by atoms with van der Waals surface area (Å²) in [5.41, 5.74) is 2.54. The highest BCUT2D eigenvalue weighted by molar-refractivity contribution is 8.00. The zero-order valence-electron chi connectivity index (χ0n) is 16.2. The summed E-state index contributed by atoms with van der Waals surface area (Å²) < 4.78 is 11.0. The molecule has 7 nitrogen and oxygen atoms in total. The molecular formula is C21H18N4O3S2. The van der Waals surface area contributed by atoms with Crippen LogP contribution in [0.2, 0.25) is 0 Å². The standard InChI is InChI=1S/C21H18N4O3S2/c1-13(18(26)23-20-22-16(12-29-20)14-8-4-3-5-9-14)30-21-25-24-19(28-21)15-10-6-7-11-17(15)27-2/h3-13H,1-2H3,(H,22,23,26). The molecule has 2 aromatic carbocycles. The summed E-state index contributed by atoms with van der Waals surface area (Å²) in [6, 6.07) is 17.2. The minimum Gasteiger partial charge on any atom is -0.496 e. The lowest BCUT2D eigenvalue weighted by atomic mass is 10.2. The SMILES string of the molecule is COc1ccccc1-c1nnc(SC(C)C(=O)Nc2nc(-c3ccccc3)cs2)o1. The fraction of sp³-hybridized carbons (Fsp3) is 0.143. The van der Waals surface area contributed by atoms with E-state index in [4.69, 9.17) is 9.15 Å². The Kier molecular flexibility index (Phi) is 6.10. The van der Waals surface area contributed by atoms with E-state index < -0.39 is 5.25 Å². The van der Waals surface area contributed by atoms with Crippen molar-refractivity contribution >= 4 is 34.1 Å². The summed E-state index contributed by atoms with van der Waals surface area (Å²) in [6.07, 6.45) is 0. The van der Waals surface area contributed by atoms with Crippen molar-refractivity contribution in [3.8, 4) is 28.5 Å². The number of nitrogens with zero attached hydrogens (tertiary/aromatic N) is 3. The second-order valence-corrected chi connectivity index (χ2v) is 8.38. The van der Waals surface area contributed by atoms with Crippen LogP contribution in [0.25, 0.3) is 22.7 Å². The first-order valence-corrected chi connectivity index (χ1v) is 10.9. The van der Waals surface area contributed by atoms with E-state index in [1.807, 2.05) is 60.0 Å². The number of thiazole rings is 1. The third-order valence-electron chi connectivity index (χ3n) is 4.19. The van der Waals surface area contributed by atoms with E-state index in [9.17, 15) is 4.79 Å². The molecule has 1 N–H and O–H groups in total. The van der Waals surface area contributed by atoms with Crippen LogP contribution in [0.5, 0.6) is 5.75 Å². The Morgan fingerprint density at radius 2 is 1.90 bits per heavy atom. The minimum atomic E-state index is -0.444. The van der Waals surface area contributed by atoms with E-state index in [1.165, 1.54) is 23.1 Å². The van der Waals surface area contributed by atoms with Crippen LogP contribution < -0.4 is 10.1 Å². The van der Waals surface area contributed by atoms with E-state index in [-0.39, 0.29) is 5.91 Å². The molecule has 30 heavy (non-hydrogen) atoms. The predicted octanol–water partition coefficient (Wildman–Crippen LogP) is 4.99. The van der Waals surface area contributed by atoms with Gasteiger partial charge in [-0.05, 0) is 19.1 Å². The molecule has 4 aromatic rings. The summed E-state index contributed by atoms with van der Waals surface area (Å²) >= 11 is 2.57. The fourth-order valence-electron chi connectivity index (χ4n) is 2.67. The van der Waals surface area contributed by atoms with Crippen LogP contribution in [0.1, 0.15) is 6.92 Å². The van der Waals surface area contributed by atoms with Gasteiger partial charge in [-0.15, -0.1) is 21.5 Å². The van der Waals surface area contributed by atoms with Crippen LogP contribution in [0, 0.1) is 0 Å². The van der Waals surface area contributed by atoms with Gasteiger partial charge in [-0.2, -0.15) is 0 Å². The molecule has 0 bridgehead atoms. The highest BCUT2D eigenvalue weighted by Gasteiger charge is 2.21. The molecule has 1 atom stereocenters. The number of aromatic nitrogens is 3. The molecule has 1 unspecified atom stereocenters. The van der Waals surface area contributed by atoms with Crippen molar-refractivity contribution in [2.45, 2.75) is 17.4 Å². The van der Waals surface area contributed by atoms with Crippen molar-refractivity contribution in [1.82, 2.24) is 15.2 Å². The normalized spacial score (nSPS) is 11.8. The molecule has 9 heteroatoms. The number of hydrogen-bond donors (Lipinski definition) is 1. The number of thioether (sulfide) groups is 1. The number of rotatable bonds is 7. The molecule has 0 fully saturated rings. The van der Waals surface area contributed by atoms with Crippen LogP contribution in [-0.2, 0) is 4.79 Å². The molecule has 152 valence electrons. The van der Waals surface area contributed by atoms with E-state index in [2.05, 4.69) is 20.5 Å². The number of nitrogens with one attached hydrogen (secondary N) is 1. The maximum Gasteiger partial charge on any atom is 0.277 e. The smallest absolute Gasteiger partial charge is 0.277 e. The number of anilines is 1. The summed E-state index contributed by atoms with van der Waals surface area (Å²) in [5.74, 6) is 0.794. The Bertz CT molecular complexity index is 1140. The summed E-state index contributed by atoms with van der Waals surface area (Å²) in [6.45, 7) is 1.78. The van der Waals surface area contributed by atoms with Crippen LogP contribution in [0.4, 0.5) is 5.13 Å². The van der Waals surface area contributed by atoms with Gasteiger partial charge < -0.3 is 14.5 Å². The lowest BCUT2D eigenvalue weighted by Crippen LogP contribution is -2.22.